The van der Waals surface area contributed by atoms with Gasteiger partial charge in [-0.2, -0.15) is 0 Å². The highest BCUT2D eigenvalue weighted by molar-refractivity contribution is 5.88. The predicted octanol–water partition coefficient (Wildman–Crippen LogP) is 3.47. The van der Waals surface area contributed by atoms with Crippen LogP contribution in [0.15, 0.2) is 48.7 Å². The lowest BCUT2D eigenvalue weighted by Crippen LogP contribution is -2.56. The molecule has 1 aromatic rings. The second-order valence-corrected chi connectivity index (χ2v) is 4.50. The van der Waals surface area contributed by atoms with E-state index < -0.39 is 0 Å². The molecule has 94 valence electrons. The first kappa shape index (κ1) is 12.6. The van der Waals surface area contributed by atoms with Crippen LogP contribution < -0.4 is 0 Å². The molecule has 1 heterocycles. The Morgan fingerprint density at radius 2 is 2.00 bits per heavy atom. The van der Waals surface area contributed by atoms with Gasteiger partial charge >= 0.3 is 0 Å². The zero-order valence-electron chi connectivity index (χ0n) is 10.9. The Morgan fingerprint density at radius 1 is 1.28 bits per heavy atom. The van der Waals surface area contributed by atoms with Crippen molar-refractivity contribution >= 4 is 12.0 Å². The Kier molecular flexibility index (Phi) is 3.98. The number of carbonyl (C=O) groups is 1. The summed E-state index contributed by atoms with van der Waals surface area (Å²) in [5, 5.41) is 0. The van der Waals surface area contributed by atoms with E-state index in [0.29, 0.717) is 0 Å². The summed E-state index contributed by atoms with van der Waals surface area (Å²) in [7, 11) is 0. The Labute approximate surface area is 109 Å². The minimum Gasteiger partial charge on any atom is -0.311 e. The number of benzene rings is 1. The van der Waals surface area contributed by atoms with Crippen molar-refractivity contribution in [3.63, 3.8) is 0 Å². The summed E-state index contributed by atoms with van der Waals surface area (Å²) in [5.74, 6) is 0.375. The molecule has 0 radical (unpaired) electrons. The molecule has 0 bridgehead atoms. The van der Waals surface area contributed by atoms with Crippen LogP contribution in [0.4, 0.5) is 0 Å². The number of allylic oxidation sites excluding steroid dienone is 1. The highest BCUT2D eigenvalue weighted by Crippen LogP contribution is 2.31. The van der Waals surface area contributed by atoms with Gasteiger partial charge < -0.3 is 4.90 Å². The average molecular weight is 241 g/mol. The monoisotopic (exact) mass is 241 g/mol. The van der Waals surface area contributed by atoms with Gasteiger partial charge in [-0.3, -0.25) is 4.79 Å². The molecule has 2 nitrogen and oxygen atoms in total. The summed E-state index contributed by atoms with van der Waals surface area (Å²) in [4.78, 5) is 13.7. The van der Waals surface area contributed by atoms with Gasteiger partial charge in [0.1, 0.15) is 0 Å². The first-order valence-corrected chi connectivity index (χ1v) is 6.46. The summed E-state index contributed by atoms with van der Waals surface area (Å²) in [6.45, 7) is 4.00. The van der Waals surface area contributed by atoms with Gasteiger partial charge in [0, 0.05) is 6.20 Å². The number of carbonyl (C=O) groups excluding carboxylic acids is 1. The molecule has 0 saturated carbocycles. The van der Waals surface area contributed by atoms with Crippen LogP contribution in [0.3, 0.4) is 0 Å². The van der Waals surface area contributed by atoms with E-state index in [1.165, 1.54) is 5.56 Å². The Balaban J connectivity index is 2.11. The summed E-state index contributed by atoms with van der Waals surface area (Å²) in [5.41, 5.74) is 1.17. The minimum atomic E-state index is 0.140. The SMILES string of the molecule is C/C=C/N1C(=O)[C@@H](CC)[C@@H]1/C=C/c1ccccc1. The van der Waals surface area contributed by atoms with E-state index in [0.717, 1.165) is 6.42 Å². The lowest BCUT2D eigenvalue weighted by molar-refractivity contribution is -0.148. The van der Waals surface area contributed by atoms with Crippen molar-refractivity contribution in [2.75, 3.05) is 0 Å². The third-order valence-electron chi connectivity index (χ3n) is 3.34. The average Bonchev–Trinajstić information content (AvgIpc) is 2.41. The molecule has 18 heavy (non-hydrogen) atoms. The normalized spacial score (nSPS) is 23.9. The van der Waals surface area contributed by atoms with Crippen molar-refractivity contribution in [3.05, 3.63) is 54.2 Å². The number of hydrogen-bond acceptors (Lipinski definition) is 1. The van der Waals surface area contributed by atoms with Crippen molar-refractivity contribution in [1.29, 1.82) is 0 Å². The van der Waals surface area contributed by atoms with Crippen molar-refractivity contribution < 1.29 is 4.79 Å². The van der Waals surface area contributed by atoms with Gasteiger partial charge in [0.2, 0.25) is 5.91 Å². The fourth-order valence-corrected chi connectivity index (χ4v) is 2.35. The van der Waals surface area contributed by atoms with E-state index in [4.69, 9.17) is 0 Å². The molecular weight excluding hydrogens is 222 g/mol. The molecule has 1 saturated heterocycles. The van der Waals surface area contributed by atoms with Gasteiger partial charge in [0.15, 0.2) is 0 Å². The third-order valence-corrected chi connectivity index (χ3v) is 3.34. The molecule has 1 aromatic carbocycles. The molecule has 0 spiro atoms. The molecule has 1 aliphatic heterocycles. The topological polar surface area (TPSA) is 20.3 Å². The molecule has 0 aliphatic carbocycles. The maximum Gasteiger partial charge on any atom is 0.232 e. The summed E-state index contributed by atoms with van der Waals surface area (Å²) < 4.78 is 0. The maximum absolute atomic E-state index is 11.8. The van der Waals surface area contributed by atoms with Gasteiger partial charge in [-0.15, -0.1) is 0 Å². The van der Waals surface area contributed by atoms with Crippen molar-refractivity contribution in [3.8, 4) is 0 Å². The fourth-order valence-electron chi connectivity index (χ4n) is 2.35. The van der Waals surface area contributed by atoms with Gasteiger partial charge in [-0.05, 0) is 18.9 Å². The fraction of sp³-hybridized carbons (Fsp3) is 0.312. The van der Waals surface area contributed by atoms with Crippen LogP contribution in [0.2, 0.25) is 0 Å². The molecular formula is C16H19NO. The van der Waals surface area contributed by atoms with Crippen LogP contribution in [0, 0.1) is 5.92 Å². The molecule has 0 aromatic heterocycles. The highest BCUT2D eigenvalue weighted by atomic mass is 16.2. The van der Waals surface area contributed by atoms with Crippen molar-refractivity contribution in [2.24, 2.45) is 5.92 Å². The van der Waals surface area contributed by atoms with Crippen LogP contribution in [-0.2, 0) is 4.79 Å². The number of hydrogen-bond donors (Lipinski definition) is 0. The third kappa shape index (κ3) is 2.37. The largest absolute Gasteiger partial charge is 0.311 e. The maximum atomic E-state index is 11.8. The van der Waals surface area contributed by atoms with E-state index in [-0.39, 0.29) is 17.9 Å². The van der Waals surface area contributed by atoms with E-state index in [9.17, 15) is 4.79 Å². The van der Waals surface area contributed by atoms with Crippen molar-refractivity contribution in [1.82, 2.24) is 4.90 Å². The van der Waals surface area contributed by atoms with E-state index >= 15 is 0 Å². The first-order valence-electron chi connectivity index (χ1n) is 6.46. The van der Waals surface area contributed by atoms with Gasteiger partial charge in [-0.25, -0.2) is 0 Å². The minimum absolute atomic E-state index is 0.140. The van der Waals surface area contributed by atoms with E-state index in [1.807, 2.05) is 42.3 Å². The molecule has 2 atom stereocenters. The number of nitrogens with zero attached hydrogens (tertiary/aromatic N) is 1. The molecule has 1 aliphatic rings. The zero-order valence-corrected chi connectivity index (χ0v) is 10.9. The second-order valence-electron chi connectivity index (χ2n) is 4.50. The first-order chi connectivity index (χ1) is 8.77. The van der Waals surface area contributed by atoms with Gasteiger partial charge in [0.25, 0.3) is 0 Å². The van der Waals surface area contributed by atoms with Gasteiger partial charge in [-0.1, -0.05) is 55.5 Å². The number of rotatable bonds is 4. The summed E-state index contributed by atoms with van der Waals surface area (Å²) in [6, 6.07) is 10.4. The second kappa shape index (κ2) is 5.67. The molecule has 1 amide bonds. The standard InChI is InChI=1S/C16H19NO/c1-3-12-17-15(14(4-2)16(17)18)11-10-13-8-6-5-7-9-13/h3,5-12,14-15H,4H2,1-2H3/b11-10+,12-3+/t14-,15-/m0/s1. The van der Waals surface area contributed by atoms with Crippen LogP contribution in [-0.4, -0.2) is 16.8 Å². The van der Waals surface area contributed by atoms with Crippen LogP contribution in [0.25, 0.3) is 6.08 Å². The quantitative estimate of drug-likeness (QED) is 0.739. The van der Waals surface area contributed by atoms with E-state index in [2.05, 4.69) is 31.2 Å². The Morgan fingerprint density at radius 3 is 2.61 bits per heavy atom. The molecule has 2 rings (SSSR count). The highest BCUT2D eigenvalue weighted by Gasteiger charge is 2.42. The molecule has 2 heteroatoms. The summed E-state index contributed by atoms with van der Waals surface area (Å²) in [6.07, 6.45) is 8.90. The van der Waals surface area contributed by atoms with Gasteiger partial charge in [0.05, 0.1) is 12.0 Å². The van der Waals surface area contributed by atoms with Crippen LogP contribution in [0.5, 0.6) is 0 Å². The Hall–Kier alpha value is -1.83. The van der Waals surface area contributed by atoms with Crippen LogP contribution >= 0.6 is 0 Å². The molecule has 0 N–H and O–H groups in total. The van der Waals surface area contributed by atoms with Crippen molar-refractivity contribution in [2.45, 2.75) is 26.3 Å². The lowest BCUT2D eigenvalue weighted by Gasteiger charge is -2.43. The predicted molar refractivity (Wildman–Crippen MR) is 74.7 cm³/mol. The smallest absolute Gasteiger partial charge is 0.232 e. The van der Waals surface area contributed by atoms with Crippen LogP contribution in [0.1, 0.15) is 25.8 Å². The lowest BCUT2D eigenvalue weighted by atomic mass is 9.85. The number of amides is 1. The van der Waals surface area contributed by atoms with E-state index in [1.54, 1.807) is 0 Å². The number of β-lactam (4-membered cyclic amide) rings is 1. The molecule has 1 fully saturated rings. The zero-order chi connectivity index (χ0) is 13.0. The Bertz CT molecular complexity index is 461. The molecule has 0 unspecified atom stereocenters. The number of likely N-dealkylation sites (tertiary alicyclic amines) is 1. The summed E-state index contributed by atoms with van der Waals surface area (Å²) >= 11 is 0.